The van der Waals surface area contributed by atoms with Crippen LogP contribution in [0.4, 0.5) is 5.82 Å². The Bertz CT molecular complexity index is 682. The molecule has 1 aromatic heterocycles. The summed E-state index contributed by atoms with van der Waals surface area (Å²) in [5, 5.41) is 9.10. The lowest BCUT2D eigenvalue weighted by Gasteiger charge is -2.25. The van der Waals surface area contributed by atoms with Gasteiger partial charge in [0.05, 0.1) is 0 Å². The zero-order valence-corrected chi connectivity index (χ0v) is 12.9. The fourth-order valence-corrected chi connectivity index (χ4v) is 3.27. The maximum Gasteiger partial charge on any atom is 0.354 e. The van der Waals surface area contributed by atoms with E-state index in [9.17, 15) is 4.79 Å². The molecule has 22 heavy (non-hydrogen) atoms. The first-order valence-electron chi connectivity index (χ1n) is 7.47. The summed E-state index contributed by atoms with van der Waals surface area (Å²) >= 11 is 0. The van der Waals surface area contributed by atoms with Crippen molar-refractivity contribution in [2.75, 3.05) is 18.0 Å². The number of carboxylic acids is 1. The first-order chi connectivity index (χ1) is 10.5. The van der Waals surface area contributed by atoms with Gasteiger partial charge in [0.25, 0.3) is 0 Å². The van der Waals surface area contributed by atoms with Crippen LogP contribution in [0.1, 0.15) is 35.8 Å². The Hall–Kier alpha value is -2.36. The Morgan fingerprint density at radius 2 is 1.91 bits per heavy atom. The molecule has 0 bridgehead atoms. The van der Waals surface area contributed by atoms with Gasteiger partial charge in [-0.1, -0.05) is 50.2 Å². The monoisotopic (exact) mass is 296 g/mol. The zero-order valence-electron chi connectivity index (χ0n) is 12.9. The average molecular weight is 296 g/mol. The van der Waals surface area contributed by atoms with Crippen molar-refractivity contribution >= 4 is 11.8 Å². The van der Waals surface area contributed by atoms with Crippen molar-refractivity contribution in [3.05, 3.63) is 59.8 Å². The van der Waals surface area contributed by atoms with Gasteiger partial charge in [-0.25, -0.2) is 9.78 Å². The molecule has 3 rings (SSSR count). The van der Waals surface area contributed by atoms with Crippen molar-refractivity contribution in [3.8, 4) is 0 Å². The van der Waals surface area contributed by atoms with Crippen LogP contribution in [0.15, 0.2) is 48.5 Å². The molecule has 1 aromatic carbocycles. The van der Waals surface area contributed by atoms with Gasteiger partial charge in [-0.15, -0.1) is 0 Å². The molecule has 1 aliphatic rings. The molecule has 0 unspecified atom stereocenters. The van der Waals surface area contributed by atoms with Gasteiger partial charge in [-0.2, -0.15) is 0 Å². The Kier molecular flexibility index (Phi) is 3.61. The van der Waals surface area contributed by atoms with Crippen molar-refractivity contribution in [2.45, 2.75) is 19.8 Å². The maximum absolute atomic E-state index is 11.1. The Morgan fingerprint density at radius 1 is 1.18 bits per heavy atom. The highest BCUT2D eigenvalue weighted by atomic mass is 16.4. The minimum absolute atomic E-state index is 0.0958. The summed E-state index contributed by atoms with van der Waals surface area (Å²) in [5.74, 6) is 0.162. The van der Waals surface area contributed by atoms with Crippen molar-refractivity contribution in [1.82, 2.24) is 4.98 Å². The molecule has 2 heterocycles. The van der Waals surface area contributed by atoms with E-state index in [1.165, 1.54) is 11.6 Å². The fourth-order valence-electron chi connectivity index (χ4n) is 3.27. The van der Waals surface area contributed by atoms with Gasteiger partial charge in [0.1, 0.15) is 5.82 Å². The molecule has 0 aliphatic carbocycles. The summed E-state index contributed by atoms with van der Waals surface area (Å²) in [7, 11) is 0. The molecule has 0 amide bonds. The Balaban J connectivity index is 1.89. The number of benzene rings is 1. The van der Waals surface area contributed by atoms with Crippen LogP contribution in [-0.4, -0.2) is 29.1 Å². The molecule has 1 aliphatic heterocycles. The van der Waals surface area contributed by atoms with E-state index in [1.807, 2.05) is 12.1 Å². The molecule has 0 saturated carbocycles. The lowest BCUT2D eigenvalue weighted by atomic mass is 9.78. The van der Waals surface area contributed by atoms with Gasteiger partial charge < -0.3 is 10.0 Å². The predicted octanol–water partition coefficient (Wildman–Crippen LogP) is 3.41. The van der Waals surface area contributed by atoms with Crippen LogP contribution in [0.25, 0.3) is 0 Å². The van der Waals surface area contributed by atoms with Crippen LogP contribution in [0.2, 0.25) is 0 Å². The molecule has 2 aromatic rings. The largest absolute Gasteiger partial charge is 0.477 e. The topological polar surface area (TPSA) is 53.4 Å². The highest BCUT2D eigenvalue weighted by molar-refractivity contribution is 5.85. The van der Waals surface area contributed by atoms with Crippen molar-refractivity contribution < 1.29 is 9.90 Å². The minimum atomic E-state index is -0.986. The summed E-state index contributed by atoms with van der Waals surface area (Å²) in [4.78, 5) is 17.6. The third kappa shape index (κ3) is 2.69. The van der Waals surface area contributed by atoms with Gasteiger partial charge in [0.15, 0.2) is 5.69 Å². The van der Waals surface area contributed by atoms with E-state index in [2.05, 4.69) is 48.0 Å². The lowest BCUT2D eigenvalue weighted by molar-refractivity contribution is 0.0690. The third-order valence-corrected chi connectivity index (χ3v) is 4.42. The summed E-state index contributed by atoms with van der Waals surface area (Å²) in [5.41, 5.74) is 1.53. The number of hydrogen-bond acceptors (Lipinski definition) is 3. The van der Waals surface area contributed by atoms with E-state index < -0.39 is 5.97 Å². The van der Waals surface area contributed by atoms with E-state index in [0.717, 1.165) is 18.9 Å². The molecular weight excluding hydrogens is 276 g/mol. The summed E-state index contributed by atoms with van der Waals surface area (Å²) in [6.07, 6.45) is 0. The number of carbonyl (C=O) groups is 1. The normalized spacial score (nSPS) is 20.1. The smallest absolute Gasteiger partial charge is 0.354 e. The van der Waals surface area contributed by atoms with Gasteiger partial charge >= 0.3 is 5.97 Å². The van der Waals surface area contributed by atoms with E-state index >= 15 is 0 Å². The fraction of sp³-hybridized carbons (Fsp3) is 0.333. The van der Waals surface area contributed by atoms with Crippen LogP contribution in [0.3, 0.4) is 0 Å². The van der Waals surface area contributed by atoms with Crippen molar-refractivity contribution in [1.29, 1.82) is 0 Å². The minimum Gasteiger partial charge on any atom is -0.477 e. The molecule has 1 saturated heterocycles. The van der Waals surface area contributed by atoms with Gasteiger partial charge in [0.2, 0.25) is 0 Å². The Morgan fingerprint density at radius 3 is 2.59 bits per heavy atom. The summed E-state index contributed by atoms with van der Waals surface area (Å²) in [6.45, 7) is 6.23. The SMILES string of the molecule is CC1(C)CN(c2cccc(C(=O)O)n2)C[C@H]1c1ccccc1. The average Bonchev–Trinajstić information content (AvgIpc) is 2.84. The number of aromatic carboxylic acids is 1. The molecule has 1 fully saturated rings. The van der Waals surface area contributed by atoms with Crippen LogP contribution in [-0.2, 0) is 0 Å². The number of nitrogens with zero attached hydrogens (tertiary/aromatic N) is 2. The molecule has 0 radical (unpaired) electrons. The predicted molar refractivity (Wildman–Crippen MR) is 86.4 cm³/mol. The number of aromatic nitrogens is 1. The molecule has 1 atom stereocenters. The van der Waals surface area contributed by atoms with E-state index in [0.29, 0.717) is 5.92 Å². The van der Waals surface area contributed by atoms with Crippen LogP contribution in [0, 0.1) is 5.41 Å². The summed E-state index contributed by atoms with van der Waals surface area (Å²) < 4.78 is 0. The Labute approximate surface area is 130 Å². The molecule has 4 nitrogen and oxygen atoms in total. The summed E-state index contributed by atoms with van der Waals surface area (Å²) in [6, 6.07) is 15.7. The first kappa shape index (κ1) is 14.6. The molecule has 114 valence electrons. The van der Waals surface area contributed by atoms with Crippen LogP contribution >= 0.6 is 0 Å². The van der Waals surface area contributed by atoms with Crippen molar-refractivity contribution in [2.24, 2.45) is 5.41 Å². The number of carboxylic acid groups (broad SMARTS) is 1. The van der Waals surface area contributed by atoms with Crippen LogP contribution < -0.4 is 4.90 Å². The third-order valence-electron chi connectivity index (χ3n) is 4.42. The number of rotatable bonds is 3. The molecule has 0 spiro atoms. The van der Waals surface area contributed by atoms with E-state index in [1.54, 1.807) is 6.07 Å². The zero-order chi connectivity index (χ0) is 15.7. The van der Waals surface area contributed by atoms with Crippen LogP contribution in [0.5, 0.6) is 0 Å². The van der Waals surface area contributed by atoms with E-state index in [4.69, 9.17) is 5.11 Å². The van der Waals surface area contributed by atoms with E-state index in [-0.39, 0.29) is 11.1 Å². The van der Waals surface area contributed by atoms with Gasteiger partial charge in [0, 0.05) is 19.0 Å². The highest BCUT2D eigenvalue weighted by Gasteiger charge is 2.40. The second-order valence-corrected chi connectivity index (χ2v) is 6.52. The number of pyridine rings is 1. The number of anilines is 1. The second kappa shape index (κ2) is 5.44. The van der Waals surface area contributed by atoms with Gasteiger partial charge in [-0.3, -0.25) is 0 Å². The second-order valence-electron chi connectivity index (χ2n) is 6.52. The molecular formula is C18H20N2O2. The lowest BCUT2D eigenvalue weighted by Crippen LogP contribution is -2.24. The quantitative estimate of drug-likeness (QED) is 0.943. The number of hydrogen-bond donors (Lipinski definition) is 1. The van der Waals surface area contributed by atoms with Crippen molar-refractivity contribution in [3.63, 3.8) is 0 Å². The standard InChI is InChI=1S/C18H20N2O2/c1-18(2)12-20(11-14(18)13-7-4-3-5-8-13)16-10-6-9-15(19-16)17(21)22/h3-10,14H,11-12H2,1-2H3,(H,21,22)/t14-/m0/s1. The first-order valence-corrected chi connectivity index (χ1v) is 7.47. The molecule has 1 N–H and O–H groups in total. The highest BCUT2D eigenvalue weighted by Crippen LogP contribution is 2.43. The van der Waals surface area contributed by atoms with Gasteiger partial charge in [-0.05, 0) is 23.1 Å². The maximum atomic E-state index is 11.1. The molecule has 4 heteroatoms.